The Balaban J connectivity index is 1.99. The van der Waals surface area contributed by atoms with Crippen LogP contribution in [0, 0.1) is 11.8 Å². The zero-order valence-corrected chi connectivity index (χ0v) is 15.2. The van der Waals surface area contributed by atoms with E-state index in [2.05, 4.69) is 0 Å². The molecule has 0 heterocycles. The summed E-state index contributed by atoms with van der Waals surface area (Å²) in [6.45, 7) is 0. The van der Waals surface area contributed by atoms with Crippen LogP contribution < -0.4 is 14.2 Å². The first-order valence-electron chi connectivity index (χ1n) is 8.46. The van der Waals surface area contributed by atoms with Gasteiger partial charge in [-0.2, -0.15) is 0 Å². The van der Waals surface area contributed by atoms with E-state index in [0.29, 0.717) is 41.4 Å². The summed E-state index contributed by atoms with van der Waals surface area (Å²) in [6, 6.07) is 1.89. The zero-order valence-electron chi connectivity index (χ0n) is 15.2. The average molecular weight is 356 g/mol. The molecule has 0 saturated carbocycles. The summed E-state index contributed by atoms with van der Waals surface area (Å²) < 4.78 is 21.8. The largest absolute Gasteiger partial charge is 0.493 e. The molecular formula is C20H20O6. The van der Waals surface area contributed by atoms with Gasteiger partial charge in [0.15, 0.2) is 23.0 Å². The van der Waals surface area contributed by atoms with Gasteiger partial charge in [0.25, 0.3) is 0 Å². The van der Waals surface area contributed by atoms with E-state index in [1.807, 2.05) is 12.1 Å². The highest BCUT2D eigenvalue weighted by Gasteiger charge is 2.54. The number of fused-ring (bicyclic) bond motifs is 5. The predicted molar refractivity (Wildman–Crippen MR) is 93.4 cm³/mol. The number of carbonyl (C=O) groups is 2. The molecule has 0 fully saturated rings. The molecule has 0 unspecified atom stereocenters. The van der Waals surface area contributed by atoms with E-state index in [-0.39, 0.29) is 17.5 Å². The lowest BCUT2D eigenvalue weighted by Gasteiger charge is -2.35. The van der Waals surface area contributed by atoms with Gasteiger partial charge in [-0.3, -0.25) is 9.59 Å². The third-order valence-electron chi connectivity index (χ3n) is 5.47. The molecule has 0 aromatic heterocycles. The number of Topliss-reactive ketones (excluding diaryl/α,β-unsaturated/α-hetero) is 2. The molecule has 3 aliphatic carbocycles. The van der Waals surface area contributed by atoms with Gasteiger partial charge in [-0.15, -0.1) is 0 Å². The molecule has 0 amide bonds. The Morgan fingerprint density at radius 3 is 2.23 bits per heavy atom. The molecule has 26 heavy (non-hydrogen) atoms. The Hall–Kier alpha value is -2.76. The third kappa shape index (κ3) is 1.98. The molecule has 2 atom stereocenters. The number of hydrogen-bond donors (Lipinski definition) is 0. The van der Waals surface area contributed by atoms with E-state index in [4.69, 9.17) is 18.9 Å². The summed E-state index contributed by atoms with van der Waals surface area (Å²) in [4.78, 5) is 25.3. The molecule has 4 rings (SSSR count). The molecule has 0 bridgehead atoms. The maximum absolute atomic E-state index is 12.8. The van der Waals surface area contributed by atoms with E-state index in [1.54, 1.807) is 21.3 Å². The second kappa shape index (κ2) is 5.90. The van der Waals surface area contributed by atoms with Gasteiger partial charge >= 0.3 is 0 Å². The van der Waals surface area contributed by atoms with Gasteiger partial charge in [-0.05, 0) is 29.7 Å². The first kappa shape index (κ1) is 16.7. The summed E-state index contributed by atoms with van der Waals surface area (Å²) in [5.74, 6) is 1.20. The molecule has 0 aliphatic heterocycles. The van der Waals surface area contributed by atoms with E-state index < -0.39 is 5.92 Å². The number of benzene rings is 1. The van der Waals surface area contributed by atoms with Crippen molar-refractivity contribution in [3.05, 3.63) is 34.6 Å². The van der Waals surface area contributed by atoms with Crippen molar-refractivity contribution in [1.82, 2.24) is 0 Å². The molecule has 0 saturated heterocycles. The summed E-state index contributed by atoms with van der Waals surface area (Å²) in [5, 5.41) is 0. The van der Waals surface area contributed by atoms with Crippen LogP contribution in [0.4, 0.5) is 0 Å². The minimum absolute atomic E-state index is 0.0107. The van der Waals surface area contributed by atoms with Gasteiger partial charge in [0.2, 0.25) is 11.5 Å². The molecule has 0 radical (unpaired) electrons. The van der Waals surface area contributed by atoms with Crippen molar-refractivity contribution < 1.29 is 28.5 Å². The SMILES string of the molecule is COC1=C[C@@H]2C3=C(C(=O)CCc4cc(OC)c(OC)c(OC)c43)[C@@H]2C1=O. The summed E-state index contributed by atoms with van der Waals surface area (Å²) in [5.41, 5.74) is 3.25. The van der Waals surface area contributed by atoms with Crippen molar-refractivity contribution in [2.75, 3.05) is 28.4 Å². The second-order valence-electron chi connectivity index (χ2n) is 6.53. The standard InChI is InChI=1S/C20H20O6/c1-23-12-8-10-15-14-9(5-6-11(21)17(15)16(10)18(12)22)7-13(24-2)19(25-3)20(14)26-4/h7-8,10,16H,5-6H2,1-4H3/t10-,16-/m1/s1. The fraction of sp³-hybridized carbons (Fsp3) is 0.400. The summed E-state index contributed by atoms with van der Waals surface area (Å²) >= 11 is 0. The second-order valence-corrected chi connectivity index (χ2v) is 6.53. The molecule has 1 aromatic rings. The molecule has 136 valence electrons. The molecule has 0 spiro atoms. The number of carbonyl (C=O) groups excluding carboxylic acids is 2. The van der Waals surface area contributed by atoms with E-state index in [0.717, 1.165) is 16.7 Å². The van der Waals surface area contributed by atoms with Crippen LogP contribution in [0.2, 0.25) is 0 Å². The van der Waals surface area contributed by atoms with Crippen LogP contribution in [-0.4, -0.2) is 40.0 Å². The van der Waals surface area contributed by atoms with Crippen LogP contribution in [0.5, 0.6) is 17.2 Å². The third-order valence-corrected chi connectivity index (χ3v) is 5.47. The van der Waals surface area contributed by atoms with Gasteiger partial charge in [0.1, 0.15) is 0 Å². The van der Waals surface area contributed by atoms with Crippen LogP contribution in [0.1, 0.15) is 17.5 Å². The quantitative estimate of drug-likeness (QED) is 0.825. The number of ether oxygens (including phenoxy) is 4. The average Bonchev–Trinajstić information content (AvgIpc) is 2.84. The molecule has 0 N–H and O–H groups in total. The number of aryl methyl sites for hydroxylation is 1. The molecule has 6 nitrogen and oxygen atoms in total. The first-order chi connectivity index (χ1) is 12.6. The minimum atomic E-state index is -0.434. The summed E-state index contributed by atoms with van der Waals surface area (Å²) in [7, 11) is 6.16. The van der Waals surface area contributed by atoms with Crippen molar-refractivity contribution in [2.24, 2.45) is 11.8 Å². The number of rotatable bonds is 4. The fourth-order valence-corrected chi connectivity index (χ4v) is 4.35. The fourth-order valence-electron chi connectivity index (χ4n) is 4.35. The predicted octanol–water partition coefficient (Wildman–Crippen LogP) is 2.34. The van der Waals surface area contributed by atoms with Crippen LogP contribution in [0.15, 0.2) is 23.5 Å². The topological polar surface area (TPSA) is 71.1 Å². The maximum Gasteiger partial charge on any atom is 0.205 e. The number of allylic oxidation sites excluding steroid dienone is 4. The number of hydrogen-bond acceptors (Lipinski definition) is 6. The smallest absolute Gasteiger partial charge is 0.205 e. The van der Waals surface area contributed by atoms with E-state index in [1.165, 1.54) is 7.11 Å². The Morgan fingerprint density at radius 1 is 0.885 bits per heavy atom. The monoisotopic (exact) mass is 356 g/mol. The zero-order chi connectivity index (χ0) is 18.6. The van der Waals surface area contributed by atoms with Gasteiger partial charge in [-0.1, -0.05) is 0 Å². The van der Waals surface area contributed by atoms with Gasteiger partial charge in [-0.25, -0.2) is 0 Å². The lowest BCUT2D eigenvalue weighted by molar-refractivity contribution is -0.124. The summed E-state index contributed by atoms with van der Waals surface area (Å²) in [6.07, 6.45) is 2.72. The van der Waals surface area contributed by atoms with Crippen LogP contribution in [-0.2, 0) is 20.7 Å². The number of ketones is 2. The lowest BCUT2D eigenvalue weighted by atomic mass is 9.65. The van der Waals surface area contributed by atoms with Crippen LogP contribution in [0.25, 0.3) is 5.57 Å². The van der Waals surface area contributed by atoms with Crippen LogP contribution >= 0.6 is 0 Å². The highest BCUT2D eigenvalue weighted by molar-refractivity contribution is 6.19. The van der Waals surface area contributed by atoms with E-state index in [9.17, 15) is 9.59 Å². The van der Waals surface area contributed by atoms with Crippen molar-refractivity contribution in [3.8, 4) is 17.2 Å². The lowest BCUT2D eigenvalue weighted by Crippen LogP contribution is -2.34. The van der Waals surface area contributed by atoms with Crippen molar-refractivity contribution in [2.45, 2.75) is 12.8 Å². The first-order valence-corrected chi connectivity index (χ1v) is 8.46. The maximum atomic E-state index is 12.8. The molecule has 6 heteroatoms. The molecular weight excluding hydrogens is 336 g/mol. The Morgan fingerprint density at radius 2 is 1.62 bits per heavy atom. The Labute approximate surface area is 151 Å². The number of methoxy groups -OCH3 is 4. The minimum Gasteiger partial charge on any atom is -0.493 e. The normalized spacial score (nSPS) is 23.3. The Bertz CT molecular complexity index is 892. The molecule has 3 aliphatic rings. The molecule has 1 aromatic carbocycles. The highest BCUT2D eigenvalue weighted by atomic mass is 16.5. The van der Waals surface area contributed by atoms with Gasteiger partial charge < -0.3 is 18.9 Å². The Kier molecular flexibility index (Phi) is 3.79. The van der Waals surface area contributed by atoms with Crippen molar-refractivity contribution >= 4 is 17.1 Å². The highest BCUT2D eigenvalue weighted by Crippen LogP contribution is 2.59. The van der Waals surface area contributed by atoms with Crippen molar-refractivity contribution in [1.29, 1.82) is 0 Å². The van der Waals surface area contributed by atoms with E-state index >= 15 is 0 Å². The van der Waals surface area contributed by atoms with Gasteiger partial charge in [0.05, 0.1) is 34.4 Å². The van der Waals surface area contributed by atoms with Gasteiger partial charge in [0, 0.05) is 23.5 Å². The van der Waals surface area contributed by atoms with Crippen LogP contribution in [0.3, 0.4) is 0 Å². The van der Waals surface area contributed by atoms with Crippen molar-refractivity contribution in [3.63, 3.8) is 0 Å².